The van der Waals surface area contributed by atoms with Crippen LogP contribution in [0.5, 0.6) is 0 Å². The molecule has 3 rings (SSSR count). The normalized spacial score (nSPS) is 11.2. The lowest BCUT2D eigenvalue weighted by molar-refractivity contribution is 0.622. The SMILES string of the molecule is Cc1ncn(N)c1-c1oc2ccccc2c1C. The minimum absolute atomic E-state index is 0.795. The number of nitrogens with zero attached hydrogens (tertiary/aromatic N) is 2. The number of hydrogen-bond donors (Lipinski definition) is 1. The van der Waals surface area contributed by atoms with Gasteiger partial charge in [-0.25, -0.2) is 9.66 Å². The Morgan fingerprint density at radius 1 is 1.24 bits per heavy atom. The Labute approximate surface area is 98.6 Å². The third kappa shape index (κ3) is 1.34. The molecule has 0 aliphatic rings. The molecule has 0 bridgehead atoms. The van der Waals surface area contributed by atoms with E-state index < -0.39 is 0 Å². The summed E-state index contributed by atoms with van der Waals surface area (Å²) in [7, 11) is 0. The van der Waals surface area contributed by atoms with Crippen LogP contribution in [0.4, 0.5) is 0 Å². The van der Waals surface area contributed by atoms with Gasteiger partial charge >= 0.3 is 0 Å². The minimum Gasteiger partial charge on any atom is -0.454 e. The fourth-order valence-electron chi connectivity index (χ4n) is 2.14. The van der Waals surface area contributed by atoms with Crippen molar-refractivity contribution in [2.24, 2.45) is 0 Å². The lowest BCUT2D eigenvalue weighted by atomic mass is 10.1. The summed E-state index contributed by atoms with van der Waals surface area (Å²) >= 11 is 0. The van der Waals surface area contributed by atoms with Crippen LogP contribution in [0.15, 0.2) is 35.0 Å². The van der Waals surface area contributed by atoms with Crippen LogP contribution in [0, 0.1) is 13.8 Å². The second-order valence-corrected chi connectivity index (χ2v) is 4.14. The second-order valence-electron chi connectivity index (χ2n) is 4.14. The minimum atomic E-state index is 0.795. The average molecular weight is 227 g/mol. The van der Waals surface area contributed by atoms with Crippen molar-refractivity contribution in [3.05, 3.63) is 41.9 Å². The summed E-state index contributed by atoms with van der Waals surface area (Å²) in [5.74, 6) is 6.65. The van der Waals surface area contributed by atoms with Crippen LogP contribution >= 0.6 is 0 Å². The van der Waals surface area contributed by atoms with Gasteiger partial charge in [-0.1, -0.05) is 18.2 Å². The molecule has 0 aliphatic heterocycles. The van der Waals surface area contributed by atoms with E-state index in [1.54, 1.807) is 6.33 Å². The van der Waals surface area contributed by atoms with Gasteiger partial charge in [0.1, 0.15) is 17.6 Å². The average Bonchev–Trinajstić information content (AvgIpc) is 2.82. The molecule has 1 aromatic carbocycles. The first-order chi connectivity index (χ1) is 8.18. The molecule has 0 unspecified atom stereocenters. The van der Waals surface area contributed by atoms with Crippen LogP contribution < -0.4 is 5.84 Å². The van der Waals surface area contributed by atoms with Gasteiger partial charge in [-0.15, -0.1) is 0 Å². The van der Waals surface area contributed by atoms with Gasteiger partial charge < -0.3 is 10.3 Å². The van der Waals surface area contributed by atoms with E-state index in [0.717, 1.165) is 33.7 Å². The van der Waals surface area contributed by atoms with Crippen LogP contribution in [-0.2, 0) is 0 Å². The molecule has 17 heavy (non-hydrogen) atoms. The van der Waals surface area contributed by atoms with E-state index >= 15 is 0 Å². The maximum Gasteiger partial charge on any atom is 0.158 e. The number of aromatic nitrogens is 2. The molecule has 0 atom stereocenters. The summed E-state index contributed by atoms with van der Waals surface area (Å²) < 4.78 is 7.36. The highest BCUT2D eigenvalue weighted by molar-refractivity contribution is 5.87. The molecule has 0 spiro atoms. The number of imidazole rings is 1. The van der Waals surface area contributed by atoms with E-state index in [1.807, 2.05) is 38.1 Å². The molecule has 2 aromatic heterocycles. The lowest BCUT2D eigenvalue weighted by Crippen LogP contribution is -2.08. The molecule has 0 fully saturated rings. The molecule has 0 saturated heterocycles. The zero-order valence-electron chi connectivity index (χ0n) is 9.77. The maximum absolute atomic E-state index is 5.86. The van der Waals surface area contributed by atoms with E-state index in [4.69, 9.17) is 10.3 Å². The first kappa shape index (κ1) is 9.96. The van der Waals surface area contributed by atoms with Crippen molar-refractivity contribution in [1.29, 1.82) is 0 Å². The Hall–Kier alpha value is -2.23. The number of rotatable bonds is 1. The number of benzene rings is 1. The molecule has 0 aliphatic carbocycles. The van der Waals surface area contributed by atoms with Crippen molar-refractivity contribution in [2.75, 3.05) is 5.84 Å². The zero-order valence-corrected chi connectivity index (χ0v) is 9.77. The van der Waals surface area contributed by atoms with Gasteiger partial charge in [-0.05, 0) is 19.9 Å². The fourth-order valence-corrected chi connectivity index (χ4v) is 2.14. The number of nitrogen functional groups attached to an aromatic ring is 1. The predicted molar refractivity (Wildman–Crippen MR) is 67.1 cm³/mol. The molecule has 0 saturated carbocycles. The van der Waals surface area contributed by atoms with Gasteiger partial charge in [0.25, 0.3) is 0 Å². The van der Waals surface area contributed by atoms with Gasteiger partial charge in [-0.3, -0.25) is 0 Å². The largest absolute Gasteiger partial charge is 0.454 e. The van der Waals surface area contributed by atoms with Gasteiger partial charge in [0.15, 0.2) is 5.76 Å². The molecule has 3 aromatic rings. The topological polar surface area (TPSA) is 57.0 Å². The van der Waals surface area contributed by atoms with Gasteiger partial charge in [0, 0.05) is 10.9 Å². The molecular weight excluding hydrogens is 214 g/mol. The lowest BCUT2D eigenvalue weighted by Gasteiger charge is -2.00. The Bertz CT molecular complexity index is 674. The van der Waals surface area contributed by atoms with Crippen LogP contribution in [-0.4, -0.2) is 9.66 Å². The number of furan rings is 1. The molecule has 4 nitrogen and oxygen atoms in total. The summed E-state index contributed by atoms with van der Waals surface area (Å²) in [6.07, 6.45) is 1.59. The fraction of sp³-hybridized carbons (Fsp3) is 0.154. The van der Waals surface area contributed by atoms with Gasteiger partial charge in [0.2, 0.25) is 0 Å². The first-order valence-corrected chi connectivity index (χ1v) is 5.46. The van der Waals surface area contributed by atoms with E-state index in [1.165, 1.54) is 4.68 Å². The Morgan fingerprint density at radius 2 is 2.00 bits per heavy atom. The Kier molecular flexibility index (Phi) is 1.98. The summed E-state index contributed by atoms with van der Waals surface area (Å²) in [5.41, 5.74) is 3.67. The number of nitrogens with two attached hydrogens (primary N) is 1. The molecule has 2 N–H and O–H groups in total. The third-order valence-electron chi connectivity index (χ3n) is 3.04. The monoisotopic (exact) mass is 227 g/mol. The van der Waals surface area contributed by atoms with Gasteiger partial charge in [-0.2, -0.15) is 0 Å². The van der Waals surface area contributed by atoms with Crippen molar-refractivity contribution >= 4 is 11.0 Å². The summed E-state index contributed by atoms with van der Waals surface area (Å²) in [5, 5.41) is 1.11. The van der Waals surface area contributed by atoms with Crippen molar-refractivity contribution in [2.45, 2.75) is 13.8 Å². The highest BCUT2D eigenvalue weighted by Gasteiger charge is 2.17. The quantitative estimate of drug-likeness (QED) is 0.650. The van der Waals surface area contributed by atoms with Gasteiger partial charge in [0.05, 0.1) is 5.69 Å². The standard InChI is InChI=1S/C13H13N3O/c1-8-10-5-3-4-6-11(10)17-13(8)12-9(2)15-7-16(12)14/h3-7H,14H2,1-2H3. The van der Waals surface area contributed by atoms with Crippen LogP contribution in [0.3, 0.4) is 0 Å². The summed E-state index contributed by atoms with van der Waals surface area (Å²) in [6, 6.07) is 7.96. The highest BCUT2D eigenvalue weighted by atomic mass is 16.3. The molecule has 0 amide bonds. The Balaban J connectivity index is 2.35. The van der Waals surface area contributed by atoms with Crippen LogP contribution in [0.1, 0.15) is 11.3 Å². The highest BCUT2D eigenvalue weighted by Crippen LogP contribution is 2.33. The molecular formula is C13H13N3O. The van der Waals surface area contributed by atoms with Crippen molar-refractivity contribution in [1.82, 2.24) is 9.66 Å². The number of hydrogen-bond acceptors (Lipinski definition) is 3. The molecule has 86 valence electrons. The number of fused-ring (bicyclic) bond motifs is 1. The van der Waals surface area contributed by atoms with Crippen LogP contribution in [0.25, 0.3) is 22.4 Å². The molecule has 4 heteroatoms. The maximum atomic E-state index is 5.86. The van der Waals surface area contributed by atoms with Crippen molar-refractivity contribution in [3.8, 4) is 11.5 Å². The first-order valence-electron chi connectivity index (χ1n) is 5.46. The number of aryl methyl sites for hydroxylation is 2. The van der Waals surface area contributed by atoms with E-state index in [9.17, 15) is 0 Å². The second kappa shape index (κ2) is 3.38. The Morgan fingerprint density at radius 3 is 2.65 bits per heavy atom. The third-order valence-corrected chi connectivity index (χ3v) is 3.04. The van der Waals surface area contributed by atoms with E-state index in [2.05, 4.69) is 4.98 Å². The van der Waals surface area contributed by atoms with Crippen LogP contribution in [0.2, 0.25) is 0 Å². The summed E-state index contributed by atoms with van der Waals surface area (Å²) in [6.45, 7) is 3.96. The molecule has 2 heterocycles. The smallest absolute Gasteiger partial charge is 0.158 e. The number of para-hydroxylation sites is 1. The van der Waals surface area contributed by atoms with E-state index in [0.29, 0.717) is 0 Å². The summed E-state index contributed by atoms with van der Waals surface area (Å²) in [4.78, 5) is 4.18. The van der Waals surface area contributed by atoms with Crippen molar-refractivity contribution < 1.29 is 4.42 Å². The predicted octanol–water partition coefficient (Wildman–Crippen LogP) is 2.63. The molecule has 0 radical (unpaired) electrons. The zero-order chi connectivity index (χ0) is 12.0. The van der Waals surface area contributed by atoms with Crippen molar-refractivity contribution in [3.63, 3.8) is 0 Å². The van der Waals surface area contributed by atoms with E-state index in [-0.39, 0.29) is 0 Å².